The summed E-state index contributed by atoms with van der Waals surface area (Å²) in [6, 6.07) is 7.48. The molecule has 0 saturated carbocycles. The first-order valence-electron chi connectivity index (χ1n) is 8.12. The van der Waals surface area contributed by atoms with Crippen LogP contribution in [0.4, 0.5) is 0 Å². The molecule has 2 aromatic rings. The Morgan fingerprint density at radius 3 is 2.58 bits per heavy atom. The highest BCUT2D eigenvalue weighted by molar-refractivity contribution is 5.93. The summed E-state index contributed by atoms with van der Waals surface area (Å²) in [5.74, 6) is 1.88. The molecule has 0 radical (unpaired) electrons. The molecule has 0 spiro atoms. The van der Waals surface area contributed by atoms with E-state index < -0.39 is 0 Å². The lowest BCUT2D eigenvalue weighted by Gasteiger charge is -2.12. The van der Waals surface area contributed by atoms with Gasteiger partial charge in [-0.2, -0.15) is 0 Å². The Bertz CT molecular complexity index is 667. The Morgan fingerprint density at radius 1 is 1.17 bits per heavy atom. The van der Waals surface area contributed by atoms with Gasteiger partial charge in [-0.05, 0) is 44.0 Å². The normalized spacial score (nSPS) is 10.5. The molecule has 6 heteroatoms. The number of furan rings is 1. The molecule has 1 heterocycles. The summed E-state index contributed by atoms with van der Waals surface area (Å²) < 4.78 is 16.3. The minimum absolute atomic E-state index is 0.172. The maximum absolute atomic E-state index is 12.0. The van der Waals surface area contributed by atoms with Crippen LogP contribution in [0.3, 0.4) is 0 Å². The minimum atomic E-state index is -0.172. The zero-order valence-corrected chi connectivity index (χ0v) is 14.1. The van der Waals surface area contributed by atoms with E-state index in [4.69, 9.17) is 19.6 Å². The molecule has 0 bridgehead atoms. The second-order valence-corrected chi connectivity index (χ2v) is 5.16. The van der Waals surface area contributed by atoms with Crippen molar-refractivity contribution in [1.29, 1.82) is 0 Å². The molecule has 0 unspecified atom stereocenters. The van der Waals surface area contributed by atoms with Crippen molar-refractivity contribution in [2.24, 2.45) is 5.73 Å². The van der Waals surface area contributed by atoms with E-state index in [0.29, 0.717) is 37.5 Å². The molecule has 3 N–H and O–H groups in total. The predicted octanol–water partition coefficient (Wildman–Crippen LogP) is 2.51. The molecular formula is C18H24N2O4. The summed E-state index contributed by atoms with van der Waals surface area (Å²) in [5.41, 5.74) is 7.01. The predicted molar refractivity (Wildman–Crippen MR) is 91.4 cm³/mol. The summed E-state index contributed by atoms with van der Waals surface area (Å²) in [4.78, 5) is 12.0. The molecule has 1 amide bonds. The molecule has 0 saturated heterocycles. The number of hydrogen-bond donors (Lipinski definition) is 2. The van der Waals surface area contributed by atoms with Crippen LogP contribution in [-0.4, -0.2) is 25.7 Å². The van der Waals surface area contributed by atoms with Gasteiger partial charge in [0.1, 0.15) is 12.0 Å². The van der Waals surface area contributed by atoms with Gasteiger partial charge in [0.25, 0.3) is 5.91 Å². The van der Waals surface area contributed by atoms with Crippen LogP contribution >= 0.6 is 0 Å². The second kappa shape index (κ2) is 8.98. The molecule has 0 aliphatic rings. The summed E-state index contributed by atoms with van der Waals surface area (Å²) in [6.45, 7) is 5.82. The van der Waals surface area contributed by atoms with Gasteiger partial charge in [0.15, 0.2) is 11.5 Å². The van der Waals surface area contributed by atoms with Crippen LogP contribution in [0.2, 0.25) is 0 Å². The van der Waals surface area contributed by atoms with Crippen molar-refractivity contribution >= 4 is 5.91 Å². The lowest BCUT2D eigenvalue weighted by atomic mass is 10.1. The van der Waals surface area contributed by atoms with Crippen molar-refractivity contribution in [1.82, 2.24) is 5.32 Å². The quantitative estimate of drug-likeness (QED) is 0.737. The van der Waals surface area contributed by atoms with E-state index in [1.807, 2.05) is 32.0 Å². The third kappa shape index (κ3) is 4.76. The van der Waals surface area contributed by atoms with E-state index in [1.54, 1.807) is 6.07 Å². The number of hydrogen-bond acceptors (Lipinski definition) is 5. The Kier molecular flexibility index (Phi) is 6.69. The average molecular weight is 332 g/mol. The van der Waals surface area contributed by atoms with Crippen molar-refractivity contribution in [3.8, 4) is 11.5 Å². The zero-order chi connectivity index (χ0) is 17.4. The Balaban J connectivity index is 1.91. The largest absolute Gasteiger partial charge is 0.490 e. The standard InChI is InChI=1S/C18H24N2O4/c1-3-22-16-6-5-13(9-17(16)23-4-2)7-8-20-18(21)14-10-15(11-19)24-12-14/h5-6,9-10,12H,3-4,7-8,11,19H2,1-2H3,(H,20,21). The van der Waals surface area contributed by atoms with Crippen LogP contribution in [0.15, 0.2) is 34.9 Å². The molecule has 24 heavy (non-hydrogen) atoms. The molecule has 2 rings (SSSR count). The summed E-state index contributed by atoms with van der Waals surface area (Å²) in [6.07, 6.45) is 2.11. The lowest BCUT2D eigenvalue weighted by molar-refractivity contribution is 0.0953. The van der Waals surface area contributed by atoms with Gasteiger partial charge in [-0.3, -0.25) is 4.79 Å². The highest BCUT2D eigenvalue weighted by atomic mass is 16.5. The van der Waals surface area contributed by atoms with Gasteiger partial charge < -0.3 is 24.9 Å². The fraction of sp³-hybridized carbons (Fsp3) is 0.389. The first-order valence-corrected chi connectivity index (χ1v) is 8.12. The number of amides is 1. The molecule has 6 nitrogen and oxygen atoms in total. The third-order valence-corrected chi connectivity index (χ3v) is 3.42. The Morgan fingerprint density at radius 2 is 1.92 bits per heavy atom. The maximum atomic E-state index is 12.0. The topological polar surface area (TPSA) is 86.7 Å². The van der Waals surface area contributed by atoms with Gasteiger partial charge in [0.05, 0.1) is 25.3 Å². The van der Waals surface area contributed by atoms with E-state index in [0.717, 1.165) is 17.1 Å². The average Bonchev–Trinajstić information content (AvgIpc) is 3.06. The highest BCUT2D eigenvalue weighted by Crippen LogP contribution is 2.28. The van der Waals surface area contributed by atoms with Crippen LogP contribution < -0.4 is 20.5 Å². The van der Waals surface area contributed by atoms with Gasteiger partial charge >= 0.3 is 0 Å². The second-order valence-electron chi connectivity index (χ2n) is 5.16. The maximum Gasteiger partial charge on any atom is 0.254 e. The summed E-state index contributed by atoms with van der Waals surface area (Å²) in [5, 5.41) is 2.86. The van der Waals surface area contributed by atoms with Crippen molar-refractivity contribution < 1.29 is 18.7 Å². The van der Waals surface area contributed by atoms with Crippen molar-refractivity contribution in [2.75, 3.05) is 19.8 Å². The smallest absolute Gasteiger partial charge is 0.254 e. The lowest BCUT2D eigenvalue weighted by Crippen LogP contribution is -2.25. The van der Waals surface area contributed by atoms with E-state index >= 15 is 0 Å². The number of rotatable bonds is 9. The summed E-state index contributed by atoms with van der Waals surface area (Å²) in [7, 11) is 0. The van der Waals surface area contributed by atoms with Gasteiger partial charge in [-0.15, -0.1) is 0 Å². The van der Waals surface area contributed by atoms with Crippen LogP contribution in [0.25, 0.3) is 0 Å². The van der Waals surface area contributed by atoms with Crippen LogP contribution in [-0.2, 0) is 13.0 Å². The van der Waals surface area contributed by atoms with E-state index in [2.05, 4.69) is 5.32 Å². The van der Waals surface area contributed by atoms with E-state index in [9.17, 15) is 4.79 Å². The molecule has 0 fully saturated rings. The number of nitrogens with two attached hydrogens (primary N) is 1. The van der Waals surface area contributed by atoms with Crippen LogP contribution in [0.5, 0.6) is 11.5 Å². The van der Waals surface area contributed by atoms with E-state index in [1.165, 1.54) is 6.26 Å². The minimum Gasteiger partial charge on any atom is -0.490 e. The van der Waals surface area contributed by atoms with Crippen LogP contribution in [0, 0.1) is 0 Å². The van der Waals surface area contributed by atoms with Crippen LogP contribution in [0.1, 0.15) is 35.5 Å². The van der Waals surface area contributed by atoms with Gasteiger partial charge in [0.2, 0.25) is 0 Å². The fourth-order valence-corrected chi connectivity index (χ4v) is 2.28. The van der Waals surface area contributed by atoms with Crippen molar-refractivity contribution in [3.05, 3.63) is 47.4 Å². The number of carbonyl (C=O) groups excluding carboxylic acids is 1. The molecule has 1 aromatic carbocycles. The number of carbonyl (C=O) groups is 1. The Hall–Kier alpha value is -2.47. The zero-order valence-electron chi connectivity index (χ0n) is 14.1. The van der Waals surface area contributed by atoms with Gasteiger partial charge in [0, 0.05) is 6.54 Å². The summed E-state index contributed by atoms with van der Waals surface area (Å²) >= 11 is 0. The molecule has 0 aliphatic carbocycles. The molecular weight excluding hydrogens is 308 g/mol. The molecule has 1 aromatic heterocycles. The molecule has 0 atom stereocenters. The highest BCUT2D eigenvalue weighted by Gasteiger charge is 2.10. The fourth-order valence-electron chi connectivity index (χ4n) is 2.28. The third-order valence-electron chi connectivity index (χ3n) is 3.42. The van der Waals surface area contributed by atoms with Crippen molar-refractivity contribution in [2.45, 2.75) is 26.8 Å². The monoisotopic (exact) mass is 332 g/mol. The van der Waals surface area contributed by atoms with Crippen molar-refractivity contribution in [3.63, 3.8) is 0 Å². The number of ether oxygens (including phenoxy) is 2. The number of nitrogens with one attached hydrogen (secondary N) is 1. The SMILES string of the molecule is CCOc1ccc(CCNC(=O)c2coc(CN)c2)cc1OCC. The molecule has 130 valence electrons. The number of benzene rings is 1. The van der Waals surface area contributed by atoms with Gasteiger partial charge in [-0.25, -0.2) is 0 Å². The van der Waals surface area contributed by atoms with E-state index in [-0.39, 0.29) is 12.5 Å². The van der Waals surface area contributed by atoms with Gasteiger partial charge in [-0.1, -0.05) is 6.07 Å². The first-order chi connectivity index (χ1) is 11.7. The Labute approximate surface area is 141 Å². The first kappa shape index (κ1) is 17.9. The molecule has 0 aliphatic heterocycles.